The van der Waals surface area contributed by atoms with Gasteiger partial charge in [0.2, 0.25) is 0 Å². The van der Waals surface area contributed by atoms with Crippen LogP contribution in [0.1, 0.15) is 34.6 Å². The Morgan fingerprint density at radius 1 is 1.20 bits per heavy atom. The van der Waals surface area contributed by atoms with Crippen LogP contribution in [0, 0.1) is 17.8 Å². The largest absolute Gasteiger partial charge is 0.460 e. The molecule has 0 aromatic rings. The SMILES string of the molecule is CC1CNCC(C)C1C(=O)OC(C)(C)C. The Morgan fingerprint density at radius 3 is 2.07 bits per heavy atom. The van der Waals surface area contributed by atoms with Gasteiger partial charge in [0.05, 0.1) is 5.92 Å². The molecule has 1 N–H and O–H groups in total. The Bertz CT molecular complexity index is 222. The second-order valence-corrected chi connectivity index (χ2v) is 5.67. The first-order valence-corrected chi connectivity index (χ1v) is 5.75. The molecule has 0 aromatic carbocycles. The fraction of sp³-hybridized carbons (Fsp3) is 0.917. The van der Waals surface area contributed by atoms with E-state index in [9.17, 15) is 4.79 Å². The van der Waals surface area contributed by atoms with Gasteiger partial charge in [-0.1, -0.05) is 13.8 Å². The third-order valence-corrected chi connectivity index (χ3v) is 2.84. The van der Waals surface area contributed by atoms with Crippen molar-refractivity contribution in [3.05, 3.63) is 0 Å². The van der Waals surface area contributed by atoms with Gasteiger partial charge >= 0.3 is 5.97 Å². The molecule has 0 bridgehead atoms. The molecule has 1 aliphatic heterocycles. The third-order valence-electron chi connectivity index (χ3n) is 2.84. The Balaban J connectivity index is 2.64. The van der Waals surface area contributed by atoms with E-state index in [1.807, 2.05) is 20.8 Å². The molecule has 1 rings (SSSR count). The van der Waals surface area contributed by atoms with Gasteiger partial charge in [-0.15, -0.1) is 0 Å². The molecule has 2 atom stereocenters. The van der Waals surface area contributed by atoms with Crippen molar-refractivity contribution in [3.63, 3.8) is 0 Å². The molecule has 15 heavy (non-hydrogen) atoms. The van der Waals surface area contributed by atoms with Crippen molar-refractivity contribution in [1.82, 2.24) is 5.32 Å². The second kappa shape index (κ2) is 4.52. The number of piperidine rings is 1. The van der Waals surface area contributed by atoms with Crippen LogP contribution in [0.25, 0.3) is 0 Å². The first-order chi connectivity index (χ1) is 6.81. The van der Waals surface area contributed by atoms with Gasteiger partial charge in [0.1, 0.15) is 5.60 Å². The lowest BCUT2D eigenvalue weighted by Gasteiger charge is -2.35. The molecule has 1 fully saturated rings. The molecular formula is C12H23NO2. The van der Waals surface area contributed by atoms with E-state index in [0.29, 0.717) is 11.8 Å². The average Bonchev–Trinajstić information content (AvgIpc) is 1.99. The molecule has 0 saturated carbocycles. The Hall–Kier alpha value is -0.570. The highest BCUT2D eigenvalue weighted by molar-refractivity contribution is 5.73. The quantitative estimate of drug-likeness (QED) is 0.675. The summed E-state index contributed by atoms with van der Waals surface area (Å²) in [5.74, 6) is 0.738. The van der Waals surface area contributed by atoms with Crippen molar-refractivity contribution in [2.45, 2.75) is 40.2 Å². The van der Waals surface area contributed by atoms with Crippen LogP contribution in [0.4, 0.5) is 0 Å². The smallest absolute Gasteiger partial charge is 0.310 e. The van der Waals surface area contributed by atoms with E-state index in [1.165, 1.54) is 0 Å². The van der Waals surface area contributed by atoms with Crippen molar-refractivity contribution in [1.29, 1.82) is 0 Å². The van der Waals surface area contributed by atoms with Gasteiger partial charge in [-0.05, 0) is 45.7 Å². The molecule has 0 spiro atoms. The number of esters is 1. The predicted octanol–water partition coefficient (Wildman–Crippen LogP) is 1.82. The summed E-state index contributed by atoms with van der Waals surface area (Å²) >= 11 is 0. The van der Waals surface area contributed by atoms with Gasteiger partial charge in [-0.25, -0.2) is 0 Å². The number of nitrogens with one attached hydrogen (secondary N) is 1. The molecule has 0 aliphatic carbocycles. The summed E-state index contributed by atoms with van der Waals surface area (Å²) in [7, 11) is 0. The molecule has 1 aliphatic rings. The highest BCUT2D eigenvalue weighted by atomic mass is 16.6. The molecule has 0 radical (unpaired) electrons. The van der Waals surface area contributed by atoms with Crippen LogP contribution in [0.2, 0.25) is 0 Å². The lowest BCUT2D eigenvalue weighted by molar-refractivity contribution is -0.164. The fourth-order valence-corrected chi connectivity index (χ4v) is 2.19. The Labute approximate surface area is 92.6 Å². The molecule has 88 valence electrons. The second-order valence-electron chi connectivity index (χ2n) is 5.67. The number of ether oxygens (including phenoxy) is 1. The van der Waals surface area contributed by atoms with Crippen LogP contribution >= 0.6 is 0 Å². The highest BCUT2D eigenvalue weighted by Gasteiger charge is 2.36. The van der Waals surface area contributed by atoms with Crippen molar-refractivity contribution in [3.8, 4) is 0 Å². The zero-order valence-electron chi connectivity index (χ0n) is 10.5. The summed E-state index contributed by atoms with van der Waals surface area (Å²) < 4.78 is 5.45. The predicted molar refractivity (Wildman–Crippen MR) is 60.5 cm³/mol. The lowest BCUT2D eigenvalue weighted by Crippen LogP contribution is -2.46. The number of hydrogen-bond acceptors (Lipinski definition) is 3. The normalized spacial score (nSPS) is 32.5. The molecule has 1 heterocycles. The first kappa shape index (κ1) is 12.5. The summed E-state index contributed by atoms with van der Waals surface area (Å²) in [5, 5.41) is 3.32. The Morgan fingerprint density at radius 2 is 1.67 bits per heavy atom. The van der Waals surface area contributed by atoms with Gasteiger partial charge in [-0.3, -0.25) is 4.79 Å². The minimum absolute atomic E-state index is 0.0380. The van der Waals surface area contributed by atoms with Crippen LogP contribution in [-0.4, -0.2) is 24.7 Å². The minimum Gasteiger partial charge on any atom is -0.460 e. The number of carbonyl (C=O) groups excluding carboxylic acids is 1. The lowest BCUT2D eigenvalue weighted by atomic mass is 9.80. The van der Waals surface area contributed by atoms with Crippen molar-refractivity contribution >= 4 is 5.97 Å². The maximum absolute atomic E-state index is 12.0. The zero-order chi connectivity index (χ0) is 11.6. The van der Waals surface area contributed by atoms with Crippen molar-refractivity contribution in [2.75, 3.05) is 13.1 Å². The van der Waals surface area contributed by atoms with E-state index >= 15 is 0 Å². The van der Waals surface area contributed by atoms with E-state index in [2.05, 4.69) is 19.2 Å². The van der Waals surface area contributed by atoms with Crippen LogP contribution in [0.3, 0.4) is 0 Å². The zero-order valence-corrected chi connectivity index (χ0v) is 10.5. The third kappa shape index (κ3) is 3.49. The van der Waals surface area contributed by atoms with Crippen LogP contribution in [0.5, 0.6) is 0 Å². The molecule has 1 saturated heterocycles. The summed E-state index contributed by atoms with van der Waals surface area (Å²) in [6.45, 7) is 11.8. The van der Waals surface area contributed by atoms with Gasteiger partial charge < -0.3 is 10.1 Å². The fourth-order valence-electron chi connectivity index (χ4n) is 2.19. The van der Waals surface area contributed by atoms with E-state index in [0.717, 1.165) is 13.1 Å². The summed E-state index contributed by atoms with van der Waals surface area (Å²) in [6, 6.07) is 0. The van der Waals surface area contributed by atoms with Gasteiger partial charge in [0, 0.05) is 0 Å². The topological polar surface area (TPSA) is 38.3 Å². The first-order valence-electron chi connectivity index (χ1n) is 5.75. The summed E-state index contributed by atoms with van der Waals surface area (Å²) in [4.78, 5) is 12.0. The molecule has 0 aromatic heterocycles. The summed E-state index contributed by atoms with van der Waals surface area (Å²) in [5.41, 5.74) is -0.374. The molecule has 3 heteroatoms. The number of hydrogen-bond donors (Lipinski definition) is 1. The van der Waals surface area contributed by atoms with Crippen LogP contribution in [-0.2, 0) is 9.53 Å². The van der Waals surface area contributed by atoms with Gasteiger partial charge in [-0.2, -0.15) is 0 Å². The summed E-state index contributed by atoms with van der Waals surface area (Å²) in [6.07, 6.45) is 0. The minimum atomic E-state index is -0.374. The van der Waals surface area contributed by atoms with Crippen molar-refractivity contribution in [2.24, 2.45) is 17.8 Å². The molecule has 3 nitrogen and oxygen atoms in total. The van der Waals surface area contributed by atoms with E-state index in [-0.39, 0.29) is 17.5 Å². The highest BCUT2D eigenvalue weighted by Crippen LogP contribution is 2.27. The van der Waals surface area contributed by atoms with Gasteiger partial charge in [0.25, 0.3) is 0 Å². The van der Waals surface area contributed by atoms with E-state index in [4.69, 9.17) is 4.74 Å². The maximum Gasteiger partial charge on any atom is 0.310 e. The van der Waals surface area contributed by atoms with Crippen LogP contribution < -0.4 is 5.32 Å². The van der Waals surface area contributed by atoms with Crippen LogP contribution in [0.15, 0.2) is 0 Å². The number of rotatable bonds is 1. The molecule has 2 unspecified atom stereocenters. The maximum atomic E-state index is 12.0. The average molecular weight is 213 g/mol. The molecular weight excluding hydrogens is 190 g/mol. The Kier molecular flexibility index (Phi) is 3.77. The standard InChI is InChI=1S/C12H23NO2/c1-8-6-13-7-9(2)10(8)11(14)15-12(3,4)5/h8-10,13H,6-7H2,1-5H3. The van der Waals surface area contributed by atoms with Gasteiger partial charge in [0.15, 0.2) is 0 Å². The van der Waals surface area contributed by atoms with Crippen molar-refractivity contribution < 1.29 is 9.53 Å². The molecule has 0 amide bonds. The van der Waals surface area contributed by atoms with E-state index < -0.39 is 0 Å². The van der Waals surface area contributed by atoms with E-state index in [1.54, 1.807) is 0 Å². The monoisotopic (exact) mass is 213 g/mol. The number of carbonyl (C=O) groups is 1.